The number of benzene rings is 3. The number of anilines is 2. The number of thiophene rings is 1. The van der Waals surface area contributed by atoms with E-state index in [9.17, 15) is 22.8 Å². The first kappa shape index (κ1) is 24.6. The van der Waals surface area contributed by atoms with Gasteiger partial charge in [0.25, 0.3) is 11.8 Å². The fraction of sp³-hybridized carbons (Fsp3) is 0.143. The third-order valence-electron chi connectivity index (χ3n) is 6.12. The number of fused-ring (bicyclic) bond motifs is 2. The molecule has 5 nitrogen and oxygen atoms in total. The first-order valence-corrected chi connectivity index (χ1v) is 12.3. The minimum Gasteiger partial charge on any atom is -0.405 e. The van der Waals surface area contributed by atoms with E-state index in [4.69, 9.17) is 0 Å². The number of hydrogen-bond acceptors (Lipinski definition) is 4. The fourth-order valence-electron chi connectivity index (χ4n) is 4.40. The van der Waals surface area contributed by atoms with Crippen LogP contribution in [0.4, 0.5) is 24.5 Å². The summed E-state index contributed by atoms with van der Waals surface area (Å²) in [7, 11) is 0. The molecule has 2 heterocycles. The Labute approximate surface area is 215 Å². The molecule has 0 saturated carbocycles. The van der Waals surface area contributed by atoms with Crippen LogP contribution in [-0.2, 0) is 13.0 Å². The highest BCUT2D eigenvalue weighted by molar-refractivity contribution is 7.10. The third kappa shape index (κ3) is 5.22. The number of carbonyl (C=O) groups excluding carboxylic acids is 2. The molecule has 2 amide bonds. The average molecular weight is 523 g/mol. The number of amides is 2. The summed E-state index contributed by atoms with van der Waals surface area (Å²) < 4.78 is 42.2. The molecule has 0 bridgehead atoms. The second kappa shape index (κ2) is 9.74. The lowest BCUT2D eigenvalue weighted by atomic mass is 10.0. The van der Waals surface area contributed by atoms with Gasteiger partial charge in [0, 0.05) is 28.2 Å². The lowest BCUT2D eigenvalue weighted by molar-refractivity contribution is -0.274. The van der Waals surface area contributed by atoms with Crippen molar-refractivity contribution in [3.63, 3.8) is 0 Å². The summed E-state index contributed by atoms with van der Waals surface area (Å²) in [6, 6.07) is 19.8. The van der Waals surface area contributed by atoms with Gasteiger partial charge in [0.05, 0.1) is 12.1 Å². The van der Waals surface area contributed by atoms with E-state index in [0.717, 1.165) is 28.6 Å². The Morgan fingerprint density at radius 1 is 0.946 bits per heavy atom. The van der Waals surface area contributed by atoms with Crippen LogP contribution in [0.1, 0.15) is 42.3 Å². The van der Waals surface area contributed by atoms with E-state index >= 15 is 0 Å². The van der Waals surface area contributed by atoms with Gasteiger partial charge in [-0.2, -0.15) is 0 Å². The molecule has 0 unspecified atom stereocenters. The van der Waals surface area contributed by atoms with Crippen LogP contribution in [0.5, 0.6) is 5.75 Å². The van der Waals surface area contributed by atoms with Crippen molar-refractivity contribution in [2.75, 3.05) is 10.2 Å². The molecular formula is C28H21F3N2O3S. The summed E-state index contributed by atoms with van der Waals surface area (Å²) in [4.78, 5) is 29.4. The number of carbonyl (C=O) groups is 2. The molecule has 3 aromatic carbocycles. The Hall–Kier alpha value is -4.11. The van der Waals surface area contributed by atoms with Gasteiger partial charge >= 0.3 is 6.36 Å². The van der Waals surface area contributed by atoms with Crippen LogP contribution in [0, 0.1) is 6.92 Å². The van der Waals surface area contributed by atoms with Gasteiger partial charge in [-0.1, -0.05) is 30.3 Å². The zero-order chi connectivity index (χ0) is 26.2. The van der Waals surface area contributed by atoms with Crippen LogP contribution in [0.3, 0.4) is 0 Å². The van der Waals surface area contributed by atoms with E-state index in [1.165, 1.54) is 23.8 Å². The Bertz CT molecular complexity index is 1500. The van der Waals surface area contributed by atoms with E-state index < -0.39 is 18.0 Å². The van der Waals surface area contributed by atoms with Gasteiger partial charge in [-0.15, -0.1) is 24.5 Å². The summed E-state index contributed by atoms with van der Waals surface area (Å²) in [6.07, 6.45) is -4.17. The average Bonchev–Trinajstić information content (AvgIpc) is 3.22. The fourth-order valence-corrected chi connectivity index (χ4v) is 5.29. The third-order valence-corrected chi connectivity index (χ3v) is 7.07. The van der Waals surface area contributed by atoms with Crippen LogP contribution < -0.4 is 15.0 Å². The van der Waals surface area contributed by atoms with Gasteiger partial charge in [0.15, 0.2) is 0 Å². The van der Waals surface area contributed by atoms with Crippen molar-refractivity contribution in [1.82, 2.24) is 0 Å². The highest BCUT2D eigenvalue weighted by atomic mass is 32.1. The second-order valence-electron chi connectivity index (χ2n) is 8.59. The molecule has 1 aromatic heterocycles. The molecule has 0 saturated heterocycles. The van der Waals surface area contributed by atoms with Crippen LogP contribution in [0.15, 0.2) is 78.2 Å². The molecule has 1 N–H and O–H groups in total. The SMILES string of the molecule is Cc1cc(NC(=O)c2ccccc2OC(F)(F)F)ccc1C(=O)N1Cc2sccc2Cc2ccccc21. The van der Waals surface area contributed by atoms with Gasteiger partial charge in [0.2, 0.25) is 0 Å². The van der Waals surface area contributed by atoms with Crippen molar-refractivity contribution >= 4 is 34.5 Å². The molecular weight excluding hydrogens is 501 g/mol. The van der Waals surface area contributed by atoms with Gasteiger partial charge in [-0.3, -0.25) is 9.59 Å². The number of ether oxygens (including phenoxy) is 1. The van der Waals surface area contributed by atoms with E-state index in [2.05, 4.69) is 16.1 Å². The standard InChI is InChI=1S/C28H21F3N2O3S/c1-17-14-20(32-26(34)22-7-3-5-9-24(22)36-28(29,30)31)10-11-21(17)27(35)33-16-25-19(12-13-37-25)15-18-6-2-4-8-23(18)33/h2-14H,15-16H2,1H3,(H,32,34). The number of para-hydroxylation sites is 2. The summed E-state index contributed by atoms with van der Waals surface area (Å²) in [5.41, 5.74) is 4.30. The van der Waals surface area contributed by atoms with Gasteiger partial charge in [0.1, 0.15) is 5.75 Å². The summed E-state index contributed by atoms with van der Waals surface area (Å²) in [5.74, 6) is -1.53. The van der Waals surface area contributed by atoms with E-state index in [0.29, 0.717) is 23.4 Å². The van der Waals surface area contributed by atoms with Gasteiger partial charge in [-0.25, -0.2) is 0 Å². The molecule has 0 aliphatic carbocycles. The van der Waals surface area contributed by atoms with Crippen molar-refractivity contribution in [3.05, 3.63) is 111 Å². The van der Waals surface area contributed by atoms with E-state index in [1.807, 2.05) is 29.6 Å². The van der Waals surface area contributed by atoms with Crippen LogP contribution >= 0.6 is 11.3 Å². The highest BCUT2D eigenvalue weighted by Gasteiger charge is 2.33. The number of halogens is 3. The van der Waals surface area contributed by atoms with Gasteiger partial charge < -0.3 is 15.0 Å². The summed E-state index contributed by atoms with van der Waals surface area (Å²) >= 11 is 1.62. The lowest BCUT2D eigenvalue weighted by Crippen LogP contribution is -2.30. The number of rotatable bonds is 4. The maximum atomic E-state index is 13.7. The van der Waals surface area contributed by atoms with Crippen molar-refractivity contribution in [3.8, 4) is 5.75 Å². The first-order chi connectivity index (χ1) is 17.7. The molecule has 4 aromatic rings. The number of alkyl halides is 3. The Kier molecular flexibility index (Phi) is 6.47. The molecule has 0 spiro atoms. The number of aryl methyl sites for hydroxylation is 1. The molecule has 5 rings (SSSR count). The van der Waals surface area contributed by atoms with Crippen molar-refractivity contribution in [2.24, 2.45) is 0 Å². The maximum absolute atomic E-state index is 13.7. The van der Waals surface area contributed by atoms with Crippen LogP contribution in [-0.4, -0.2) is 18.2 Å². The molecule has 1 aliphatic heterocycles. The zero-order valence-electron chi connectivity index (χ0n) is 19.6. The molecule has 37 heavy (non-hydrogen) atoms. The van der Waals surface area contributed by atoms with Crippen molar-refractivity contribution in [1.29, 1.82) is 0 Å². The monoisotopic (exact) mass is 522 g/mol. The normalized spacial score (nSPS) is 12.8. The van der Waals surface area contributed by atoms with Crippen LogP contribution in [0.25, 0.3) is 0 Å². The zero-order valence-corrected chi connectivity index (χ0v) is 20.5. The molecule has 1 aliphatic rings. The Morgan fingerprint density at radius 3 is 2.49 bits per heavy atom. The summed E-state index contributed by atoms with van der Waals surface area (Å²) in [6.45, 7) is 2.21. The van der Waals surface area contributed by atoms with Crippen molar-refractivity contribution in [2.45, 2.75) is 26.3 Å². The number of nitrogens with zero attached hydrogens (tertiary/aromatic N) is 1. The van der Waals surface area contributed by atoms with Gasteiger partial charge in [-0.05, 0) is 71.5 Å². The first-order valence-electron chi connectivity index (χ1n) is 11.4. The van der Waals surface area contributed by atoms with Crippen molar-refractivity contribution < 1.29 is 27.5 Å². The smallest absolute Gasteiger partial charge is 0.405 e. The van der Waals surface area contributed by atoms with Crippen LogP contribution in [0.2, 0.25) is 0 Å². The summed E-state index contributed by atoms with van der Waals surface area (Å²) in [5, 5.41) is 4.63. The van der Waals surface area contributed by atoms with E-state index in [-0.39, 0.29) is 11.5 Å². The Balaban J connectivity index is 1.40. The molecule has 0 atom stereocenters. The number of hydrogen-bond donors (Lipinski definition) is 1. The van der Waals surface area contributed by atoms with E-state index in [1.54, 1.807) is 41.4 Å². The molecule has 9 heteroatoms. The predicted octanol–water partition coefficient (Wildman–Crippen LogP) is 6.96. The highest BCUT2D eigenvalue weighted by Crippen LogP contribution is 2.34. The topological polar surface area (TPSA) is 58.6 Å². The second-order valence-corrected chi connectivity index (χ2v) is 9.59. The maximum Gasteiger partial charge on any atom is 0.573 e. The minimum atomic E-state index is -4.93. The molecule has 0 fully saturated rings. The number of nitrogens with one attached hydrogen (secondary N) is 1. The Morgan fingerprint density at radius 2 is 1.70 bits per heavy atom. The lowest BCUT2D eigenvalue weighted by Gasteiger charge is -2.24. The minimum absolute atomic E-state index is 0.173. The molecule has 188 valence electrons. The molecule has 0 radical (unpaired) electrons. The predicted molar refractivity (Wildman–Crippen MR) is 136 cm³/mol. The largest absolute Gasteiger partial charge is 0.573 e. The quantitative estimate of drug-likeness (QED) is 0.315.